The van der Waals surface area contributed by atoms with Gasteiger partial charge in [0.1, 0.15) is 5.15 Å². The lowest BCUT2D eigenvalue weighted by Crippen LogP contribution is -1.92. The first-order valence-corrected chi connectivity index (χ1v) is 5.13. The van der Waals surface area contributed by atoms with E-state index in [0.717, 1.165) is 5.56 Å². The summed E-state index contributed by atoms with van der Waals surface area (Å²) >= 11 is 7.33. The van der Waals surface area contributed by atoms with E-state index in [1.807, 2.05) is 16.8 Å². The van der Waals surface area contributed by atoms with Crippen molar-refractivity contribution < 1.29 is 4.79 Å². The van der Waals surface area contributed by atoms with Crippen LogP contribution in [0.2, 0.25) is 5.15 Å². The van der Waals surface area contributed by atoms with Crippen molar-refractivity contribution in [3.63, 3.8) is 0 Å². The van der Waals surface area contributed by atoms with E-state index in [-0.39, 0.29) is 5.15 Å². The molecule has 0 saturated heterocycles. The molecule has 0 radical (unpaired) electrons. The summed E-state index contributed by atoms with van der Waals surface area (Å²) in [7, 11) is 0. The van der Waals surface area contributed by atoms with Gasteiger partial charge >= 0.3 is 0 Å². The monoisotopic (exact) mass is 224 g/mol. The molecule has 14 heavy (non-hydrogen) atoms. The van der Waals surface area contributed by atoms with Gasteiger partial charge in [-0.05, 0) is 11.4 Å². The van der Waals surface area contributed by atoms with Crippen LogP contribution in [-0.2, 0) is 0 Å². The number of halogens is 1. The molecule has 0 aliphatic heterocycles. The molecule has 0 fully saturated rings. The molecule has 0 amide bonds. The van der Waals surface area contributed by atoms with Crippen molar-refractivity contribution in [1.29, 1.82) is 0 Å². The van der Waals surface area contributed by atoms with Gasteiger partial charge in [-0.15, -0.1) is 0 Å². The molecule has 0 aliphatic rings. The van der Waals surface area contributed by atoms with Gasteiger partial charge in [0, 0.05) is 17.1 Å². The lowest BCUT2D eigenvalue weighted by atomic mass is 10.3. The van der Waals surface area contributed by atoms with Gasteiger partial charge in [-0.1, -0.05) is 11.6 Å². The molecule has 0 aromatic carbocycles. The molecule has 3 nitrogen and oxygen atoms in total. The fraction of sp³-hybridized carbons (Fsp3) is 0. The average Bonchev–Trinajstić information content (AvgIpc) is 2.70. The van der Waals surface area contributed by atoms with Crippen molar-refractivity contribution >= 4 is 29.2 Å². The molecular formula is C9H5ClN2OS. The van der Waals surface area contributed by atoms with Crippen LogP contribution in [0.4, 0.5) is 0 Å². The second kappa shape index (κ2) is 3.86. The summed E-state index contributed by atoms with van der Waals surface area (Å²) in [5.74, 6) is 0.543. The summed E-state index contributed by atoms with van der Waals surface area (Å²) in [4.78, 5) is 18.5. The van der Waals surface area contributed by atoms with Crippen LogP contribution in [0.25, 0.3) is 11.4 Å². The second-order valence-corrected chi connectivity index (χ2v) is 3.71. The summed E-state index contributed by atoms with van der Waals surface area (Å²) < 4.78 is 0. The van der Waals surface area contributed by atoms with Crippen LogP contribution in [-0.4, -0.2) is 16.3 Å². The minimum absolute atomic E-state index is 0.191. The van der Waals surface area contributed by atoms with E-state index < -0.39 is 0 Å². The highest BCUT2D eigenvalue weighted by atomic mass is 35.5. The van der Waals surface area contributed by atoms with Crippen molar-refractivity contribution in [3.05, 3.63) is 33.7 Å². The van der Waals surface area contributed by atoms with Crippen LogP contribution in [0.5, 0.6) is 0 Å². The van der Waals surface area contributed by atoms with Crippen LogP contribution in [0.15, 0.2) is 23.0 Å². The molecule has 70 valence electrons. The largest absolute Gasteiger partial charge is 0.298 e. The molecule has 2 aromatic rings. The predicted molar refractivity (Wildman–Crippen MR) is 55.7 cm³/mol. The number of thiophene rings is 1. The molecule has 0 unspecified atom stereocenters. The van der Waals surface area contributed by atoms with Gasteiger partial charge in [-0.2, -0.15) is 11.3 Å². The zero-order chi connectivity index (χ0) is 9.97. The van der Waals surface area contributed by atoms with Crippen molar-refractivity contribution in [2.75, 3.05) is 0 Å². The number of aromatic nitrogens is 2. The third-order valence-corrected chi connectivity index (χ3v) is 2.66. The van der Waals surface area contributed by atoms with Gasteiger partial charge in [0.25, 0.3) is 0 Å². The third kappa shape index (κ3) is 1.66. The summed E-state index contributed by atoms with van der Waals surface area (Å²) in [6, 6.07) is 1.90. The van der Waals surface area contributed by atoms with Gasteiger partial charge in [0.05, 0.1) is 5.56 Å². The van der Waals surface area contributed by atoms with Crippen molar-refractivity contribution in [3.8, 4) is 11.4 Å². The fourth-order valence-electron chi connectivity index (χ4n) is 0.980. The fourth-order valence-corrected chi connectivity index (χ4v) is 1.79. The van der Waals surface area contributed by atoms with E-state index in [1.54, 1.807) is 11.3 Å². The highest BCUT2D eigenvalue weighted by Crippen LogP contribution is 2.20. The number of hydrogen-bond acceptors (Lipinski definition) is 4. The normalized spacial score (nSPS) is 10.1. The van der Waals surface area contributed by atoms with E-state index in [4.69, 9.17) is 11.6 Å². The SMILES string of the molecule is O=Cc1cnc(-c2ccsc2)nc1Cl. The number of carbonyl (C=O) groups excluding carboxylic acids is 1. The molecule has 5 heteroatoms. The number of nitrogens with zero attached hydrogens (tertiary/aromatic N) is 2. The summed E-state index contributed by atoms with van der Waals surface area (Å²) in [6.45, 7) is 0. The first-order valence-electron chi connectivity index (χ1n) is 3.81. The molecule has 0 saturated carbocycles. The lowest BCUT2D eigenvalue weighted by Gasteiger charge is -1.98. The van der Waals surface area contributed by atoms with Crippen molar-refractivity contribution in [1.82, 2.24) is 9.97 Å². The van der Waals surface area contributed by atoms with Gasteiger partial charge in [-0.3, -0.25) is 4.79 Å². The Balaban J connectivity index is 2.48. The van der Waals surface area contributed by atoms with E-state index in [2.05, 4.69) is 9.97 Å². The summed E-state index contributed by atoms with van der Waals surface area (Å²) in [5, 5.41) is 4.04. The van der Waals surface area contributed by atoms with Crippen molar-refractivity contribution in [2.24, 2.45) is 0 Å². The highest BCUT2D eigenvalue weighted by Gasteiger charge is 2.05. The Bertz CT molecular complexity index is 456. The zero-order valence-corrected chi connectivity index (χ0v) is 8.55. The second-order valence-electron chi connectivity index (χ2n) is 2.57. The Labute approximate surface area is 89.4 Å². The van der Waals surface area contributed by atoms with E-state index in [1.165, 1.54) is 6.20 Å². The van der Waals surface area contributed by atoms with Gasteiger partial charge in [0.2, 0.25) is 0 Å². The summed E-state index contributed by atoms with van der Waals surface area (Å²) in [6.07, 6.45) is 2.06. The maximum Gasteiger partial charge on any atom is 0.161 e. The lowest BCUT2D eigenvalue weighted by molar-refractivity contribution is 0.112. The summed E-state index contributed by atoms with van der Waals surface area (Å²) in [5.41, 5.74) is 1.22. The molecule has 0 aliphatic carbocycles. The van der Waals surface area contributed by atoms with E-state index in [0.29, 0.717) is 17.7 Å². The number of hydrogen-bond donors (Lipinski definition) is 0. The molecule has 2 rings (SSSR count). The minimum Gasteiger partial charge on any atom is -0.298 e. The van der Waals surface area contributed by atoms with Crippen LogP contribution >= 0.6 is 22.9 Å². The van der Waals surface area contributed by atoms with Gasteiger partial charge < -0.3 is 0 Å². The minimum atomic E-state index is 0.191. The predicted octanol–water partition coefficient (Wildman–Crippen LogP) is 2.67. The molecule has 0 N–H and O–H groups in total. The number of carbonyl (C=O) groups is 1. The zero-order valence-electron chi connectivity index (χ0n) is 6.98. The topological polar surface area (TPSA) is 42.9 Å². The Morgan fingerprint density at radius 1 is 1.50 bits per heavy atom. The Kier molecular flexibility index (Phi) is 2.56. The average molecular weight is 225 g/mol. The number of aldehydes is 1. The molecule has 2 heterocycles. The highest BCUT2D eigenvalue weighted by molar-refractivity contribution is 7.08. The van der Waals surface area contributed by atoms with E-state index >= 15 is 0 Å². The van der Waals surface area contributed by atoms with Crippen molar-refractivity contribution in [2.45, 2.75) is 0 Å². The maximum absolute atomic E-state index is 10.5. The van der Waals surface area contributed by atoms with Gasteiger partial charge in [-0.25, -0.2) is 9.97 Å². The molecular weight excluding hydrogens is 220 g/mol. The molecule has 0 atom stereocenters. The first kappa shape index (κ1) is 9.30. The Morgan fingerprint density at radius 2 is 2.36 bits per heavy atom. The smallest absolute Gasteiger partial charge is 0.161 e. The molecule has 0 bridgehead atoms. The quantitative estimate of drug-likeness (QED) is 0.582. The Hall–Kier alpha value is -1.26. The van der Waals surface area contributed by atoms with Crippen LogP contribution in [0, 0.1) is 0 Å². The number of rotatable bonds is 2. The van der Waals surface area contributed by atoms with Crippen LogP contribution in [0.3, 0.4) is 0 Å². The first-order chi connectivity index (χ1) is 6.81. The van der Waals surface area contributed by atoms with Gasteiger partial charge in [0.15, 0.2) is 12.1 Å². The van der Waals surface area contributed by atoms with E-state index in [9.17, 15) is 4.79 Å². The maximum atomic E-state index is 10.5. The molecule has 2 aromatic heterocycles. The van der Waals surface area contributed by atoms with Crippen LogP contribution < -0.4 is 0 Å². The Morgan fingerprint density at radius 3 is 2.93 bits per heavy atom. The van der Waals surface area contributed by atoms with Crippen LogP contribution in [0.1, 0.15) is 10.4 Å². The standard InChI is InChI=1S/C9H5ClN2OS/c10-8-7(4-13)3-11-9(12-8)6-1-2-14-5-6/h1-5H. The molecule has 0 spiro atoms. The third-order valence-electron chi connectivity index (χ3n) is 1.67.